The van der Waals surface area contributed by atoms with Crippen LogP contribution in [0.25, 0.3) is 17.0 Å². The number of anilines is 2. The number of aromatic nitrogens is 1. The predicted octanol–water partition coefficient (Wildman–Crippen LogP) is 1.65. The third kappa shape index (κ3) is 3.89. The van der Waals surface area contributed by atoms with E-state index in [0.717, 1.165) is 22.8 Å². The molecule has 28 heavy (non-hydrogen) atoms. The molecule has 4 nitrogen and oxygen atoms in total. The molecule has 0 radical (unpaired) electrons. The van der Waals surface area contributed by atoms with Gasteiger partial charge in [0.1, 0.15) is 6.54 Å². The molecule has 6 heteroatoms. The van der Waals surface area contributed by atoms with Crippen LogP contribution in [-0.2, 0) is 11.3 Å². The minimum absolute atomic E-state index is 0. The van der Waals surface area contributed by atoms with Crippen molar-refractivity contribution in [3.05, 3.63) is 65.3 Å². The van der Waals surface area contributed by atoms with Crippen molar-refractivity contribution >= 4 is 46.0 Å². The van der Waals surface area contributed by atoms with Gasteiger partial charge in [-0.3, -0.25) is 4.79 Å². The number of halogens is 1. The smallest absolute Gasteiger partial charge is 0.221 e. The summed E-state index contributed by atoms with van der Waals surface area (Å²) >= 11 is 1.73. The summed E-state index contributed by atoms with van der Waals surface area (Å²) in [6.07, 6.45) is 2.23. The number of pyridine rings is 1. The molecule has 0 aliphatic carbocycles. The second kappa shape index (κ2) is 8.53. The molecular formula is C22H22IN3OS. The molecular weight excluding hydrogens is 481 g/mol. The van der Waals surface area contributed by atoms with Crippen LogP contribution in [-0.4, -0.2) is 13.0 Å². The van der Waals surface area contributed by atoms with Crippen LogP contribution < -0.4 is 38.8 Å². The number of carbonyl (C=O) groups excluding carboxylic acids is 1. The fourth-order valence-corrected chi connectivity index (χ4v) is 4.60. The molecule has 0 unspecified atom stereocenters. The van der Waals surface area contributed by atoms with E-state index in [1.54, 1.807) is 11.8 Å². The van der Waals surface area contributed by atoms with Crippen molar-refractivity contribution in [3.8, 4) is 0 Å². The Morgan fingerprint density at radius 2 is 1.96 bits per heavy atom. The van der Waals surface area contributed by atoms with Crippen LogP contribution in [0.5, 0.6) is 0 Å². The van der Waals surface area contributed by atoms with Gasteiger partial charge >= 0.3 is 0 Å². The van der Waals surface area contributed by atoms with Crippen molar-refractivity contribution in [2.75, 3.05) is 17.3 Å². The van der Waals surface area contributed by atoms with Gasteiger partial charge in [0.25, 0.3) is 0 Å². The average Bonchev–Trinajstić information content (AvgIpc) is 2.96. The highest BCUT2D eigenvalue weighted by molar-refractivity contribution is 8.03. The van der Waals surface area contributed by atoms with Crippen LogP contribution >= 0.6 is 11.8 Å². The van der Waals surface area contributed by atoms with Gasteiger partial charge < -0.3 is 34.2 Å². The van der Waals surface area contributed by atoms with E-state index < -0.39 is 0 Å². The van der Waals surface area contributed by atoms with Crippen LogP contribution in [0.3, 0.4) is 0 Å². The van der Waals surface area contributed by atoms with E-state index in [-0.39, 0.29) is 29.9 Å². The number of para-hydroxylation sites is 1. The molecule has 2 aromatic carbocycles. The number of benzene rings is 2. The van der Waals surface area contributed by atoms with Crippen LogP contribution in [0.2, 0.25) is 0 Å². The number of carbonyl (C=O) groups is 1. The van der Waals surface area contributed by atoms with Gasteiger partial charge in [0.15, 0.2) is 0 Å². The number of aryl methyl sites for hydroxylation is 1. The number of hydrogen-bond donors (Lipinski definition) is 1. The number of amides is 1. The molecule has 2 heterocycles. The van der Waals surface area contributed by atoms with Crippen LogP contribution in [0.4, 0.5) is 11.4 Å². The fraction of sp³-hybridized carbons (Fsp3) is 0.182. The molecule has 0 saturated carbocycles. The standard InChI is InChI=1S/C22H21N3OS.HI/c1-4-25-18(11-9-16-7-5-6-8-19(16)25)14-22-24(3)20-12-10-17(23-15(2)26)13-21(20)27-22;/h5-14H,4H2,1-3H3;1H. The zero-order valence-electron chi connectivity index (χ0n) is 16.1. The quantitative estimate of drug-likeness (QED) is 0.437. The normalized spacial score (nSPS) is 14.1. The highest BCUT2D eigenvalue weighted by Gasteiger charge is 2.24. The molecule has 144 valence electrons. The summed E-state index contributed by atoms with van der Waals surface area (Å²) in [5.41, 5.74) is 4.41. The molecule has 0 saturated heterocycles. The maximum atomic E-state index is 11.3. The predicted molar refractivity (Wildman–Crippen MR) is 113 cm³/mol. The Balaban J connectivity index is 0.00000225. The third-order valence-corrected chi connectivity index (χ3v) is 5.89. The molecule has 0 fully saturated rings. The van der Waals surface area contributed by atoms with Gasteiger partial charge in [-0.25, -0.2) is 0 Å². The summed E-state index contributed by atoms with van der Waals surface area (Å²) in [6, 6.07) is 18.9. The number of rotatable bonds is 3. The van der Waals surface area contributed by atoms with Crippen LogP contribution in [0.1, 0.15) is 19.5 Å². The monoisotopic (exact) mass is 503 g/mol. The maximum absolute atomic E-state index is 11.3. The van der Waals surface area contributed by atoms with Crippen molar-refractivity contribution in [2.24, 2.45) is 0 Å². The molecule has 4 rings (SSSR count). The summed E-state index contributed by atoms with van der Waals surface area (Å²) in [7, 11) is 2.08. The first-order chi connectivity index (χ1) is 13.1. The lowest BCUT2D eigenvalue weighted by molar-refractivity contribution is -0.669. The minimum Gasteiger partial charge on any atom is -1.00 e. The lowest BCUT2D eigenvalue weighted by Gasteiger charge is -2.13. The van der Waals surface area contributed by atoms with Gasteiger partial charge in [-0.15, -0.1) is 0 Å². The Hall–Kier alpha value is -2.06. The average molecular weight is 503 g/mol. The van der Waals surface area contributed by atoms with E-state index in [2.05, 4.69) is 77.3 Å². The van der Waals surface area contributed by atoms with E-state index in [1.165, 1.54) is 28.5 Å². The summed E-state index contributed by atoms with van der Waals surface area (Å²) in [5.74, 6) is -0.0535. The molecule has 1 amide bonds. The second-order valence-corrected chi connectivity index (χ2v) is 7.63. The SMILES string of the molecule is CC[n+]1c(/C=C2\Sc3cc(NC(C)=O)ccc3N2C)ccc2ccccc21.[I-]. The van der Waals surface area contributed by atoms with Gasteiger partial charge in [-0.05, 0) is 37.3 Å². The molecule has 0 bridgehead atoms. The summed E-state index contributed by atoms with van der Waals surface area (Å²) in [4.78, 5) is 14.7. The van der Waals surface area contributed by atoms with Gasteiger partial charge in [0.05, 0.1) is 10.7 Å². The lowest BCUT2D eigenvalue weighted by Crippen LogP contribution is -3.00. The number of nitrogens with zero attached hydrogens (tertiary/aromatic N) is 2. The van der Waals surface area contributed by atoms with Crippen LogP contribution in [0.15, 0.2) is 64.5 Å². The molecule has 0 spiro atoms. The minimum atomic E-state index is -0.0535. The summed E-state index contributed by atoms with van der Waals surface area (Å²) in [6.45, 7) is 4.62. The van der Waals surface area contributed by atoms with Gasteiger partial charge in [0.2, 0.25) is 17.1 Å². The Kier molecular flexibility index (Phi) is 6.30. The Labute approximate surface area is 186 Å². The Morgan fingerprint density at radius 3 is 2.71 bits per heavy atom. The molecule has 1 aromatic heterocycles. The zero-order valence-corrected chi connectivity index (χ0v) is 19.0. The van der Waals surface area contributed by atoms with E-state index >= 15 is 0 Å². The lowest BCUT2D eigenvalue weighted by atomic mass is 10.2. The van der Waals surface area contributed by atoms with Crippen molar-refractivity contribution < 1.29 is 33.3 Å². The fourth-order valence-electron chi connectivity index (χ4n) is 3.46. The summed E-state index contributed by atoms with van der Waals surface area (Å²) < 4.78 is 2.34. The number of hydrogen-bond acceptors (Lipinski definition) is 3. The first-order valence-corrected chi connectivity index (χ1v) is 9.85. The van der Waals surface area contributed by atoms with E-state index in [4.69, 9.17) is 0 Å². The molecule has 0 atom stereocenters. The second-order valence-electron chi connectivity index (χ2n) is 6.57. The Morgan fingerprint density at radius 1 is 1.18 bits per heavy atom. The van der Waals surface area contributed by atoms with Crippen molar-refractivity contribution in [3.63, 3.8) is 0 Å². The zero-order chi connectivity index (χ0) is 19.0. The summed E-state index contributed by atoms with van der Waals surface area (Å²) in [5, 5.41) is 5.27. The van der Waals surface area contributed by atoms with Crippen molar-refractivity contribution in [1.82, 2.24) is 0 Å². The highest BCUT2D eigenvalue weighted by atomic mass is 127. The van der Waals surface area contributed by atoms with E-state index in [1.807, 2.05) is 12.1 Å². The number of thioether (sulfide) groups is 1. The van der Waals surface area contributed by atoms with Crippen molar-refractivity contribution in [1.29, 1.82) is 0 Å². The first kappa shape index (κ1) is 20.7. The Bertz CT molecular complexity index is 1080. The molecule has 3 aromatic rings. The van der Waals surface area contributed by atoms with Gasteiger partial charge in [0, 0.05) is 48.1 Å². The van der Waals surface area contributed by atoms with Crippen molar-refractivity contribution in [2.45, 2.75) is 25.3 Å². The molecule has 1 aliphatic rings. The largest absolute Gasteiger partial charge is 1.00 e. The van der Waals surface area contributed by atoms with E-state index in [9.17, 15) is 4.79 Å². The van der Waals surface area contributed by atoms with Gasteiger partial charge in [-0.1, -0.05) is 23.9 Å². The van der Waals surface area contributed by atoms with Gasteiger partial charge in [-0.2, -0.15) is 4.57 Å². The topological polar surface area (TPSA) is 36.2 Å². The molecule has 1 N–H and O–H groups in total. The highest BCUT2D eigenvalue weighted by Crippen LogP contribution is 2.46. The maximum Gasteiger partial charge on any atom is 0.221 e. The number of nitrogens with one attached hydrogen (secondary N) is 1. The van der Waals surface area contributed by atoms with E-state index in [0.29, 0.717) is 0 Å². The number of fused-ring (bicyclic) bond motifs is 2. The third-order valence-electron chi connectivity index (χ3n) is 4.75. The first-order valence-electron chi connectivity index (χ1n) is 9.03. The van der Waals surface area contributed by atoms with Crippen LogP contribution in [0, 0.1) is 0 Å². The molecule has 1 aliphatic heterocycles.